The minimum absolute atomic E-state index is 0.0564. The van der Waals surface area contributed by atoms with Gasteiger partial charge >= 0.3 is 0 Å². The van der Waals surface area contributed by atoms with Crippen molar-refractivity contribution in [3.05, 3.63) is 66.1 Å². The number of ketones is 1. The van der Waals surface area contributed by atoms with E-state index in [0.29, 0.717) is 23.7 Å². The highest BCUT2D eigenvalue weighted by Crippen LogP contribution is 2.24. The first-order valence-electron chi connectivity index (χ1n) is 8.02. The number of carbonyl (C=O) groups excluding carboxylic acids is 1. The zero-order chi connectivity index (χ0) is 16.9. The van der Waals surface area contributed by atoms with Gasteiger partial charge in [-0.25, -0.2) is 4.98 Å². The highest BCUT2D eigenvalue weighted by atomic mass is 16.5. The van der Waals surface area contributed by atoms with Gasteiger partial charge in [0.05, 0.1) is 19.4 Å². The second-order valence-electron chi connectivity index (χ2n) is 5.56. The Morgan fingerprint density at radius 3 is 2.75 bits per heavy atom. The maximum atomic E-state index is 12.7. The molecule has 124 valence electrons. The van der Waals surface area contributed by atoms with Crippen LogP contribution < -0.4 is 4.74 Å². The van der Waals surface area contributed by atoms with Gasteiger partial charge in [-0.2, -0.15) is 0 Å². The largest absolute Gasteiger partial charge is 0.490 e. The first-order chi connectivity index (χ1) is 11.7. The van der Waals surface area contributed by atoms with Gasteiger partial charge in [-0.05, 0) is 24.6 Å². The second-order valence-corrected chi connectivity index (χ2v) is 5.56. The topological polar surface area (TPSA) is 63.8 Å². The van der Waals surface area contributed by atoms with Crippen molar-refractivity contribution < 1.29 is 14.6 Å². The number of imidazole rings is 1. The summed E-state index contributed by atoms with van der Waals surface area (Å²) >= 11 is 0. The van der Waals surface area contributed by atoms with Crippen LogP contribution in [-0.4, -0.2) is 33.5 Å². The van der Waals surface area contributed by atoms with Gasteiger partial charge in [0.25, 0.3) is 0 Å². The van der Waals surface area contributed by atoms with Gasteiger partial charge in [-0.1, -0.05) is 30.3 Å². The number of fused-ring (bicyclic) bond motifs is 1. The summed E-state index contributed by atoms with van der Waals surface area (Å²) in [6.45, 7) is 2.37. The number of carbonyl (C=O) groups is 1. The maximum Gasteiger partial charge on any atom is 0.181 e. The molecule has 1 aromatic carbocycles. The Labute approximate surface area is 140 Å². The van der Waals surface area contributed by atoms with Crippen LogP contribution in [0.15, 0.2) is 54.9 Å². The zero-order valence-corrected chi connectivity index (χ0v) is 13.6. The number of hydrogen-bond donors (Lipinski definition) is 1. The van der Waals surface area contributed by atoms with Gasteiger partial charge in [0.15, 0.2) is 17.2 Å². The van der Waals surface area contributed by atoms with Crippen LogP contribution >= 0.6 is 0 Å². The van der Waals surface area contributed by atoms with E-state index in [1.165, 1.54) is 0 Å². The summed E-state index contributed by atoms with van der Waals surface area (Å²) in [5, 5.41) is 9.66. The van der Waals surface area contributed by atoms with Crippen molar-refractivity contribution in [2.45, 2.75) is 19.3 Å². The molecule has 1 atom stereocenters. The standard InChI is InChI=1S/C19H20N2O3/c1-2-24-18-9-6-10-21-16(12-20-19(18)21)17(23)11-15(13-22)14-7-4-3-5-8-14/h3-10,12,15,22H,2,11,13H2,1H3/t15-/m0/s1. The van der Waals surface area contributed by atoms with Crippen LogP contribution in [0.2, 0.25) is 0 Å². The smallest absolute Gasteiger partial charge is 0.181 e. The normalized spacial score (nSPS) is 12.2. The summed E-state index contributed by atoms with van der Waals surface area (Å²) in [6, 6.07) is 13.2. The molecule has 0 saturated carbocycles. The van der Waals surface area contributed by atoms with E-state index < -0.39 is 0 Å². The predicted molar refractivity (Wildman–Crippen MR) is 91.6 cm³/mol. The minimum Gasteiger partial charge on any atom is -0.490 e. The van der Waals surface area contributed by atoms with E-state index in [9.17, 15) is 9.90 Å². The van der Waals surface area contributed by atoms with Crippen molar-refractivity contribution in [1.29, 1.82) is 0 Å². The SMILES string of the molecule is CCOc1cccn2c(C(=O)C[C@@H](CO)c3ccccc3)cnc12. The average molecular weight is 324 g/mol. The second kappa shape index (κ2) is 7.27. The summed E-state index contributed by atoms with van der Waals surface area (Å²) in [5.41, 5.74) is 2.08. The van der Waals surface area contributed by atoms with Gasteiger partial charge in [-0.15, -0.1) is 0 Å². The predicted octanol–water partition coefficient (Wildman–Crippen LogP) is 3.08. The molecule has 5 nitrogen and oxygen atoms in total. The number of nitrogens with zero attached hydrogens (tertiary/aromatic N) is 2. The van der Waals surface area contributed by atoms with Gasteiger partial charge in [0.1, 0.15) is 5.69 Å². The fraction of sp³-hybridized carbons (Fsp3) is 0.263. The Bertz CT molecular complexity index is 827. The van der Waals surface area contributed by atoms with E-state index in [-0.39, 0.29) is 24.7 Å². The summed E-state index contributed by atoms with van der Waals surface area (Å²) in [7, 11) is 0. The molecule has 2 aromatic heterocycles. The van der Waals surface area contributed by atoms with Crippen molar-refractivity contribution in [1.82, 2.24) is 9.38 Å². The van der Waals surface area contributed by atoms with Gasteiger partial charge in [-0.3, -0.25) is 9.20 Å². The van der Waals surface area contributed by atoms with E-state index in [4.69, 9.17) is 4.74 Å². The minimum atomic E-state index is -0.223. The van der Waals surface area contributed by atoms with Crippen molar-refractivity contribution in [3.8, 4) is 5.75 Å². The lowest BCUT2D eigenvalue weighted by atomic mass is 9.94. The fourth-order valence-corrected chi connectivity index (χ4v) is 2.80. The van der Waals surface area contributed by atoms with Crippen molar-refractivity contribution in [2.24, 2.45) is 0 Å². The average Bonchev–Trinajstić information content (AvgIpc) is 3.06. The summed E-state index contributed by atoms with van der Waals surface area (Å²) in [4.78, 5) is 17.0. The Balaban J connectivity index is 1.87. The Morgan fingerprint density at radius 2 is 2.04 bits per heavy atom. The Hall–Kier alpha value is -2.66. The molecule has 0 bridgehead atoms. The molecule has 0 unspecified atom stereocenters. The van der Waals surface area contributed by atoms with Crippen molar-refractivity contribution in [3.63, 3.8) is 0 Å². The number of Topliss-reactive ketones (excluding diaryl/α,β-unsaturated/α-hetero) is 1. The number of pyridine rings is 1. The lowest BCUT2D eigenvalue weighted by Crippen LogP contribution is -2.12. The molecule has 0 spiro atoms. The fourth-order valence-electron chi connectivity index (χ4n) is 2.80. The van der Waals surface area contributed by atoms with Gasteiger partial charge < -0.3 is 9.84 Å². The third-order valence-electron chi connectivity index (χ3n) is 4.01. The van der Waals surface area contributed by atoms with E-state index >= 15 is 0 Å². The van der Waals surface area contributed by atoms with Crippen LogP contribution in [0.5, 0.6) is 5.75 Å². The maximum absolute atomic E-state index is 12.7. The molecular formula is C19H20N2O3. The van der Waals surface area contributed by atoms with E-state index in [1.54, 1.807) is 16.8 Å². The van der Waals surface area contributed by atoms with E-state index in [0.717, 1.165) is 5.56 Å². The molecule has 3 rings (SSSR count). The summed E-state index contributed by atoms with van der Waals surface area (Å²) in [5.74, 6) is 0.374. The number of rotatable bonds is 7. The molecule has 0 radical (unpaired) electrons. The third kappa shape index (κ3) is 3.16. The lowest BCUT2D eigenvalue weighted by Gasteiger charge is -2.13. The third-order valence-corrected chi connectivity index (χ3v) is 4.01. The summed E-state index contributed by atoms with van der Waals surface area (Å²) < 4.78 is 7.29. The molecule has 1 N–H and O–H groups in total. The van der Waals surface area contributed by atoms with Crippen LogP contribution in [0.1, 0.15) is 35.3 Å². The van der Waals surface area contributed by atoms with Crippen LogP contribution in [0, 0.1) is 0 Å². The van der Waals surface area contributed by atoms with E-state index in [1.807, 2.05) is 49.4 Å². The number of benzene rings is 1. The number of aliphatic hydroxyl groups is 1. The van der Waals surface area contributed by atoms with Crippen LogP contribution in [-0.2, 0) is 0 Å². The van der Waals surface area contributed by atoms with E-state index in [2.05, 4.69) is 4.98 Å². The molecule has 0 amide bonds. The van der Waals surface area contributed by atoms with Crippen LogP contribution in [0.4, 0.5) is 0 Å². The number of aromatic nitrogens is 2. The van der Waals surface area contributed by atoms with Crippen molar-refractivity contribution >= 4 is 11.4 Å². The summed E-state index contributed by atoms with van der Waals surface area (Å²) in [6.07, 6.45) is 3.60. The molecule has 5 heteroatoms. The molecule has 0 aliphatic carbocycles. The highest BCUT2D eigenvalue weighted by molar-refractivity contribution is 5.95. The van der Waals surface area contributed by atoms with Gasteiger partial charge in [0.2, 0.25) is 0 Å². The number of hydrogen-bond acceptors (Lipinski definition) is 4. The molecule has 24 heavy (non-hydrogen) atoms. The van der Waals surface area contributed by atoms with Crippen LogP contribution in [0.3, 0.4) is 0 Å². The first-order valence-corrected chi connectivity index (χ1v) is 8.02. The zero-order valence-electron chi connectivity index (χ0n) is 13.6. The molecule has 3 aromatic rings. The monoisotopic (exact) mass is 324 g/mol. The quantitative estimate of drug-likeness (QED) is 0.678. The number of ether oxygens (including phenoxy) is 1. The Kier molecular flexibility index (Phi) is 4.91. The molecule has 0 aliphatic rings. The van der Waals surface area contributed by atoms with Crippen molar-refractivity contribution in [2.75, 3.05) is 13.2 Å². The molecule has 0 saturated heterocycles. The molecule has 2 heterocycles. The lowest BCUT2D eigenvalue weighted by molar-refractivity contribution is 0.0954. The molecular weight excluding hydrogens is 304 g/mol. The molecule has 0 aliphatic heterocycles. The number of aliphatic hydroxyl groups excluding tert-OH is 1. The van der Waals surface area contributed by atoms with Gasteiger partial charge in [0, 0.05) is 18.5 Å². The molecule has 0 fully saturated rings. The first kappa shape index (κ1) is 16.2. The van der Waals surface area contributed by atoms with Crippen LogP contribution in [0.25, 0.3) is 5.65 Å². The highest BCUT2D eigenvalue weighted by Gasteiger charge is 2.20. The Morgan fingerprint density at radius 1 is 1.25 bits per heavy atom.